The monoisotopic (exact) mass is 273 g/mol. The quantitative estimate of drug-likeness (QED) is 0.635. The molecule has 3 rings (SSSR count). The zero-order valence-corrected chi connectivity index (χ0v) is 11.5. The van der Waals surface area contributed by atoms with E-state index in [0.29, 0.717) is 11.8 Å². The number of aromatic nitrogens is 1. The van der Waals surface area contributed by atoms with Crippen molar-refractivity contribution in [3.05, 3.63) is 36.2 Å². The van der Waals surface area contributed by atoms with E-state index in [2.05, 4.69) is 23.0 Å². The fourth-order valence-electron chi connectivity index (χ4n) is 3.20. The van der Waals surface area contributed by atoms with E-state index in [1.54, 1.807) is 0 Å². The molecule has 106 valence electrons. The number of allylic oxidation sites excluding steroid dienone is 2. The van der Waals surface area contributed by atoms with Crippen LogP contribution < -0.4 is 10.9 Å². The topological polar surface area (TPSA) is 63.1 Å². The molecule has 0 aliphatic heterocycles. The third-order valence-corrected chi connectivity index (χ3v) is 4.33. The lowest BCUT2D eigenvalue weighted by Gasteiger charge is -2.17. The zero-order valence-electron chi connectivity index (χ0n) is 11.5. The number of nitrogens with one attached hydrogen (secondary N) is 2. The minimum absolute atomic E-state index is 0.0142. The molecule has 1 fully saturated rings. The van der Waals surface area contributed by atoms with Crippen LogP contribution in [0.4, 0.5) is 0 Å². The van der Waals surface area contributed by atoms with Gasteiger partial charge in [0, 0.05) is 24.9 Å². The van der Waals surface area contributed by atoms with Crippen LogP contribution in [-0.4, -0.2) is 16.4 Å². The average Bonchev–Trinajstić information content (AvgIpc) is 3.14. The summed E-state index contributed by atoms with van der Waals surface area (Å²) in [5.41, 5.74) is 5.98. The molecule has 2 bridgehead atoms. The average molecular weight is 273 g/mol. The molecule has 5 nitrogen and oxygen atoms in total. The van der Waals surface area contributed by atoms with Crippen LogP contribution in [0.25, 0.3) is 0 Å². The summed E-state index contributed by atoms with van der Waals surface area (Å²) in [4.78, 5) is 23.8. The predicted molar refractivity (Wildman–Crippen MR) is 74.2 cm³/mol. The summed E-state index contributed by atoms with van der Waals surface area (Å²) < 4.78 is 1.89. The lowest BCUT2D eigenvalue weighted by atomic mass is 9.93. The number of carbonyl (C=O) groups excluding carboxylic acids is 2. The smallest absolute Gasteiger partial charge is 0.244 e. The van der Waals surface area contributed by atoms with E-state index in [1.807, 2.05) is 29.9 Å². The Balaban J connectivity index is 1.47. The summed E-state index contributed by atoms with van der Waals surface area (Å²) >= 11 is 0. The van der Waals surface area contributed by atoms with E-state index in [1.165, 1.54) is 0 Å². The second-order valence-corrected chi connectivity index (χ2v) is 5.71. The number of rotatable bonds is 3. The summed E-state index contributed by atoms with van der Waals surface area (Å²) in [6.07, 6.45) is 8.46. The van der Waals surface area contributed by atoms with Gasteiger partial charge in [0.05, 0.1) is 6.42 Å². The van der Waals surface area contributed by atoms with Crippen molar-refractivity contribution >= 4 is 11.8 Å². The van der Waals surface area contributed by atoms with E-state index < -0.39 is 0 Å². The molecule has 3 unspecified atom stereocenters. The first-order valence-electron chi connectivity index (χ1n) is 7.00. The van der Waals surface area contributed by atoms with Gasteiger partial charge in [-0.2, -0.15) is 0 Å². The standard InChI is InChI=1S/C15H19N3O2/c1-18-6-2-3-12(18)9-14(19)16-17-15(20)13-8-10-4-5-11(13)7-10/h2-6,10-11,13H,7-9H2,1H3,(H,16,19)(H,17,20). The first kappa shape index (κ1) is 13.0. The minimum atomic E-state index is -0.196. The fraction of sp³-hybridized carbons (Fsp3) is 0.467. The molecule has 0 radical (unpaired) electrons. The van der Waals surface area contributed by atoms with Crippen LogP contribution in [-0.2, 0) is 23.1 Å². The van der Waals surface area contributed by atoms with Gasteiger partial charge in [-0.25, -0.2) is 0 Å². The molecule has 1 heterocycles. The first-order valence-corrected chi connectivity index (χ1v) is 7.00. The molecule has 1 saturated carbocycles. The highest BCUT2D eigenvalue weighted by Gasteiger charge is 2.39. The van der Waals surface area contributed by atoms with Crippen molar-refractivity contribution in [3.63, 3.8) is 0 Å². The molecule has 0 spiro atoms. The first-order chi connectivity index (χ1) is 9.63. The van der Waals surface area contributed by atoms with Gasteiger partial charge in [-0.05, 0) is 36.8 Å². The Bertz CT molecular complexity index is 561. The molecule has 1 aromatic rings. The van der Waals surface area contributed by atoms with Crippen molar-refractivity contribution in [1.82, 2.24) is 15.4 Å². The van der Waals surface area contributed by atoms with E-state index >= 15 is 0 Å². The highest BCUT2D eigenvalue weighted by atomic mass is 16.2. The van der Waals surface area contributed by atoms with Crippen molar-refractivity contribution in [1.29, 1.82) is 0 Å². The molecule has 1 aromatic heterocycles. The molecular formula is C15H19N3O2. The maximum absolute atomic E-state index is 12.0. The van der Waals surface area contributed by atoms with Gasteiger partial charge in [0.1, 0.15) is 0 Å². The molecule has 0 aromatic carbocycles. The minimum Gasteiger partial charge on any atom is -0.354 e. The van der Waals surface area contributed by atoms with Gasteiger partial charge in [0.25, 0.3) is 0 Å². The third-order valence-electron chi connectivity index (χ3n) is 4.33. The van der Waals surface area contributed by atoms with Gasteiger partial charge in [-0.3, -0.25) is 20.4 Å². The van der Waals surface area contributed by atoms with Crippen LogP contribution >= 0.6 is 0 Å². The number of aryl methyl sites for hydroxylation is 1. The normalized spacial score (nSPS) is 26.8. The maximum Gasteiger partial charge on any atom is 0.244 e. The van der Waals surface area contributed by atoms with Crippen LogP contribution in [0.5, 0.6) is 0 Å². The zero-order chi connectivity index (χ0) is 14.1. The number of nitrogens with zero attached hydrogens (tertiary/aromatic N) is 1. The van der Waals surface area contributed by atoms with Crippen molar-refractivity contribution in [2.45, 2.75) is 19.3 Å². The maximum atomic E-state index is 12.0. The van der Waals surface area contributed by atoms with Crippen LogP contribution in [0.3, 0.4) is 0 Å². The number of fused-ring (bicyclic) bond motifs is 2. The second kappa shape index (κ2) is 5.15. The molecule has 20 heavy (non-hydrogen) atoms. The van der Waals surface area contributed by atoms with Gasteiger partial charge in [-0.1, -0.05) is 12.2 Å². The van der Waals surface area contributed by atoms with Gasteiger partial charge >= 0.3 is 0 Å². The van der Waals surface area contributed by atoms with Crippen LogP contribution in [0.15, 0.2) is 30.5 Å². The van der Waals surface area contributed by atoms with E-state index in [9.17, 15) is 9.59 Å². The van der Waals surface area contributed by atoms with E-state index in [4.69, 9.17) is 0 Å². The van der Waals surface area contributed by atoms with Crippen molar-refractivity contribution < 1.29 is 9.59 Å². The molecule has 2 aliphatic rings. The van der Waals surface area contributed by atoms with E-state index in [0.717, 1.165) is 18.5 Å². The molecule has 3 atom stereocenters. The fourth-order valence-corrected chi connectivity index (χ4v) is 3.20. The van der Waals surface area contributed by atoms with Crippen LogP contribution in [0.1, 0.15) is 18.5 Å². The Hall–Kier alpha value is -2.04. The molecule has 0 saturated heterocycles. The summed E-state index contributed by atoms with van der Waals surface area (Å²) in [6, 6.07) is 3.78. The number of hydrogen-bond donors (Lipinski definition) is 2. The number of hydrazine groups is 1. The molecule has 2 amide bonds. The third kappa shape index (κ3) is 2.48. The van der Waals surface area contributed by atoms with E-state index in [-0.39, 0.29) is 24.2 Å². The van der Waals surface area contributed by atoms with Crippen molar-refractivity contribution in [3.8, 4) is 0 Å². The van der Waals surface area contributed by atoms with Crippen molar-refractivity contribution in [2.75, 3.05) is 0 Å². The van der Waals surface area contributed by atoms with Gasteiger partial charge < -0.3 is 4.57 Å². The van der Waals surface area contributed by atoms with Gasteiger partial charge in [-0.15, -0.1) is 0 Å². The summed E-state index contributed by atoms with van der Waals surface area (Å²) in [5.74, 6) is 0.654. The van der Waals surface area contributed by atoms with Gasteiger partial charge in [0.15, 0.2) is 0 Å². The summed E-state index contributed by atoms with van der Waals surface area (Å²) in [5, 5.41) is 0. The highest BCUT2D eigenvalue weighted by molar-refractivity contribution is 5.84. The lowest BCUT2D eigenvalue weighted by Crippen LogP contribution is -2.46. The molecule has 2 aliphatic carbocycles. The predicted octanol–water partition coefficient (Wildman–Crippen LogP) is 0.927. The Morgan fingerprint density at radius 2 is 2.15 bits per heavy atom. The highest BCUT2D eigenvalue weighted by Crippen LogP contribution is 2.43. The number of amides is 2. The summed E-state index contributed by atoms with van der Waals surface area (Å²) in [6.45, 7) is 0. The Labute approximate surface area is 118 Å². The number of hydrogen-bond acceptors (Lipinski definition) is 2. The van der Waals surface area contributed by atoms with Crippen molar-refractivity contribution in [2.24, 2.45) is 24.8 Å². The largest absolute Gasteiger partial charge is 0.354 e. The molecular weight excluding hydrogens is 254 g/mol. The second-order valence-electron chi connectivity index (χ2n) is 5.71. The van der Waals surface area contributed by atoms with Crippen LogP contribution in [0, 0.1) is 17.8 Å². The van der Waals surface area contributed by atoms with Gasteiger partial charge in [0.2, 0.25) is 11.8 Å². The summed E-state index contributed by atoms with van der Waals surface area (Å²) in [7, 11) is 1.89. The lowest BCUT2D eigenvalue weighted by molar-refractivity contribution is -0.131. The SMILES string of the molecule is Cn1cccc1CC(=O)NNC(=O)C1CC2C=CC1C2. The van der Waals surface area contributed by atoms with Crippen LogP contribution in [0.2, 0.25) is 0 Å². The number of carbonyl (C=O) groups is 2. The molecule has 2 N–H and O–H groups in total. The Morgan fingerprint density at radius 1 is 1.30 bits per heavy atom. The Morgan fingerprint density at radius 3 is 2.75 bits per heavy atom. The molecule has 5 heteroatoms. The Kier molecular flexibility index (Phi) is 3.34.